The Labute approximate surface area is 139 Å². The Balaban J connectivity index is 2.13. The molecule has 0 amide bonds. The first-order valence-electron chi connectivity index (χ1n) is 7.78. The molecule has 0 aliphatic heterocycles. The zero-order valence-electron chi connectivity index (χ0n) is 13.1. The molecular weight excluding hydrogens is 310 g/mol. The van der Waals surface area contributed by atoms with Crippen molar-refractivity contribution in [1.29, 1.82) is 0 Å². The van der Waals surface area contributed by atoms with E-state index in [0.29, 0.717) is 12.0 Å². The van der Waals surface area contributed by atoms with Crippen LogP contribution < -0.4 is 0 Å². The largest absolute Gasteiger partial charge is 0.511 e. The quantitative estimate of drug-likeness (QED) is 0.454. The molecule has 0 saturated heterocycles. The molecular formula is C18H19NO5. The van der Waals surface area contributed by atoms with Crippen LogP contribution in [0.2, 0.25) is 0 Å². The molecule has 1 aromatic rings. The van der Waals surface area contributed by atoms with Gasteiger partial charge >= 0.3 is 5.97 Å². The second-order valence-corrected chi connectivity index (χ2v) is 5.58. The molecule has 1 atom stereocenters. The number of carboxylic acid groups (broad SMARTS) is 1. The lowest BCUT2D eigenvalue weighted by atomic mass is 9.83. The predicted octanol–water partition coefficient (Wildman–Crippen LogP) is 2.60. The number of allylic oxidation sites excluding steroid dienone is 2. The number of ketones is 2. The van der Waals surface area contributed by atoms with Crippen LogP contribution in [-0.4, -0.2) is 40.5 Å². The number of aliphatic imine (C=N–C) groups is 1. The normalized spacial score (nSPS) is 18.2. The number of carboxylic acids is 1. The van der Waals surface area contributed by atoms with E-state index < -0.39 is 11.9 Å². The molecule has 6 nitrogen and oxygen atoms in total. The number of aliphatic carboxylic acids is 1. The topological polar surface area (TPSA) is 104 Å². The first kappa shape index (κ1) is 17.6. The molecule has 0 saturated carbocycles. The van der Waals surface area contributed by atoms with Crippen LogP contribution in [-0.2, 0) is 9.59 Å². The van der Waals surface area contributed by atoms with Gasteiger partial charge in [0.1, 0.15) is 5.76 Å². The van der Waals surface area contributed by atoms with Crippen LogP contribution in [0.15, 0.2) is 46.7 Å². The Kier molecular flexibility index (Phi) is 6.01. The van der Waals surface area contributed by atoms with Crippen LogP contribution in [0.5, 0.6) is 0 Å². The number of Topliss-reactive ketones (excluding diaryl/α,β-unsaturated/α-hetero) is 2. The standard InChI is InChI=1S/C18H19NO5/c20-15-9-8-13(17(23)12-5-2-1-3-6-12)18(24)14(15)11-19-10-4-7-16(21)22/h1-3,5-6,11,13,24H,4,7-10H2,(H,21,22)/t13-/m1/s1. The Morgan fingerprint density at radius 3 is 2.62 bits per heavy atom. The third kappa shape index (κ3) is 4.38. The predicted molar refractivity (Wildman–Crippen MR) is 88.4 cm³/mol. The zero-order chi connectivity index (χ0) is 17.5. The van der Waals surface area contributed by atoms with Gasteiger partial charge in [0.15, 0.2) is 11.6 Å². The number of nitrogens with zero attached hydrogens (tertiary/aromatic N) is 1. The number of hydrogen-bond donors (Lipinski definition) is 2. The lowest BCUT2D eigenvalue weighted by molar-refractivity contribution is -0.137. The Morgan fingerprint density at radius 1 is 1.25 bits per heavy atom. The summed E-state index contributed by atoms with van der Waals surface area (Å²) in [5.74, 6) is -2.38. The van der Waals surface area contributed by atoms with Crippen LogP contribution in [0.1, 0.15) is 36.0 Å². The Bertz CT molecular complexity index is 691. The molecule has 126 valence electrons. The van der Waals surface area contributed by atoms with Gasteiger partial charge in [0.05, 0.1) is 11.5 Å². The molecule has 0 aromatic heterocycles. The maximum absolute atomic E-state index is 12.5. The van der Waals surface area contributed by atoms with E-state index in [1.165, 1.54) is 6.21 Å². The highest BCUT2D eigenvalue weighted by Gasteiger charge is 2.32. The molecule has 0 unspecified atom stereocenters. The highest BCUT2D eigenvalue weighted by atomic mass is 16.4. The second kappa shape index (κ2) is 8.19. The van der Waals surface area contributed by atoms with Crippen molar-refractivity contribution in [2.24, 2.45) is 10.9 Å². The van der Waals surface area contributed by atoms with E-state index in [2.05, 4.69) is 4.99 Å². The molecule has 1 aliphatic rings. The summed E-state index contributed by atoms with van der Waals surface area (Å²) in [6.07, 6.45) is 2.04. The zero-order valence-corrected chi connectivity index (χ0v) is 13.1. The van der Waals surface area contributed by atoms with Crippen molar-refractivity contribution in [3.63, 3.8) is 0 Å². The van der Waals surface area contributed by atoms with Crippen LogP contribution >= 0.6 is 0 Å². The summed E-state index contributed by atoms with van der Waals surface area (Å²) in [7, 11) is 0. The summed E-state index contributed by atoms with van der Waals surface area (Å²) in [5, 5.41) is 18.9. The van der Waals surface area contributed by atoms with E-state index in [4.69, 9.17) is 5.11 Å². The van der Waals surface area contributed by atoms with Crippen LogP contribution in [0.4, 0.5) is 0 Å². The van der Waals surface area contributed by atoms with E-state index in [9.17, 15) is 19.5 Å². The molecule has 2 rings (SSSR count). The van der Waals surface area contributed by atoms with Gasteiger partial charge in [0.2, 0.25) is 0 Å². The molecule has 0 radical (unpaired) electrons. The van der Waals surface area contributed by atoms with Crippen LogP contribution in [0.3, 0.4) is 0 Å². The van der Waals surface area contributed by atoms with Gasteiger partial charge in [-0.15, -0.1) is 0 Å². The number of carbonyl (C=O) groups is 3. The Morgan fingerprint density at radius 2 is 1.96 bits per heavy atom. The molecule has 0 heterocycles. The number of rotatable bonds is 7. The van der Waals surface area contributed by atoms with E-state index >= 15 is 0 Å². The van der Waals surface area contributed by atoms with Crippen LogP contribution in [0.25, 0.3) is 0 Å². The third-order valence-corrected chi connectivity index (χ3v) is 3.84. The minimum Gasteiger partial charge on any atom is -0.511 e. The van der Waals surface area contributed by atoms with Crippen molar-refractivity contribution < 1.29 is 24.6 Å². The molecule has 0 fully saturated rings. The molecule has 2 N–H and O–H groups in total. The number of carbonyl (C=O) groups excluding carboxylic acids is 2. The number of hydrogen-bond acceptors (Lipinski definition) is 5. The van der Waals surface area contributed by atoms with E-state index in [1.54, 1.807) is 30.3 Å². The highest BCUT2D eigenvalue weighted by molar-refractivity contribution is 6.16. The van der Waals surface area contributed by atoms with Gasteiger partial charge in [0, 0.05) is 31.2 Å². The van der Waals surface area contributed by atoms with Gasteiger partial charge in [0.25, 0.3) is 0 Å². The molecule has 0 spiro atoms. The fourth-order valence-electron chi connectivity index (χ4n) is 2.55. The van der Waals surface area contributed by atoms with E-state index in [1.807, 2.05) is 0 Å². The molecule has 1 aromatic carbocycles. The van der Waals surface area contributed by atoms with Gasteiger partial charge in [-0.25, -0.2) is 0 Å². The first-order chi connectivity index (χ1) is 11.5. The summed E-state index contributed by atoms with van der Waals surface area (Å²) >= 11 is 0. The lowest BCUT2D eigenvalue weighted by Gasteiger charge is -2.21. The van der Waals surface area contributed by atoms with Crippen molar-refractivity contribution in [1.82, 2.24) is 0 Å². The van der Waals surface area contributed by atoms with Gasteiger partial charge in [-0.3, -0.25) is 19.4 Å². The van der Waals surface area contributed by atoms with Gasteiger partial charge in [-0.05, 0) is 12.8 Å². The smallest absolute Gasteiger partial charge is 0.303 e. The monoisotopic (exact) mass is 329 g/mol. The summed E-state index contributed by atoms with van der Waals surface area (Å²) in [6.45, 7) is 0.244. The minimum atomic E-state index is -0.908. The first-order valence-corrected chi connectivity index (χ1v) is 7.78. The summed E-state index contributed by atoms with van der Waals surface area (Å²) in [5.41, 5.74) is 0.534. The molecule has 24 heavy (non-hydrogen) atoms. The molecule has 1 aliphatic carbocycles. The number of aliphatic hydroxyl groups is 1. The maximum atomic E-state index is 12.5. The highest BCUT2D eigenvalue weighted by Crippen LogP contribution is 2.28. The van der Waals surface area contributed by atoms with Gasteiger partial charge < -0.3 is 10.2 Å². The van der Waals surface area contributed by atoms with Gasteiger partial charge in [-0.2, -0.15) is 0 Å². The minimum absolute atomic E-state index is 0.00850. The van der Waals surface area contributed by atoms with Crippen molar-refractivity contribution in [3.8, 4) is 0 Å². The second-order valence-electron chi connectivity index (χ2n) is 5.58. The summed E-state index contributed by atoms with van der Waals surface area (Å²) in [6, 6.07) is 8.63. The van der Waals surface area contributed by atoms with Crippen LogP contribution in [0, 0.1) is 5.92 Å². The maximum Gasteiger partial charge on any atom is 0.303 e. The van der Waals surface area contributed by atoms with Gasteiger partial charge in [-0.1, -0.05) is 30.3 Å². The fourth-order valence-corrected chi connectivity index (χ4v) is 2.55. The number of benzene rings is 1. The average molecular weight is 329 g/mol. The molecule has 0 bridgehead atoms. The summed E-state index contributed by atoms with van der Waals surface area (Å²) in [4.78, 5) is 38.9. The molecule has 6 heteroatoms. The third-order valence-electron chi connectivity index (χ3n) is 3.84. The van der Waals surface area contributed by atoms with Crippen molar-refractivity contribution >= 4 is 23.8 Å². The SMILES string of the molecule is O=C(O)CCCN=CC1=C(O)[C@@H](C(=O)c2ccccc2)CCC1=O. The Hall–Kier alpha value is -2.76. The van der Waals surface area contributed by atoms with E-state index in [-0.39, 0.29) is 48.7 Å². The summed E-state index contributed by atoms with van der Waals surface area (Å²) < 4.78 is 0. The number of aliphatic hydroxyl groups excluding tert-OH is 1. The van der Waals surface area contributed by atoms with Crippen molar-refractivity contribution in [3.05, 3.63) is 47.2 Å². The lowest BCUT2D eigenvalue weighted by Crippen LogP contribution is -2.26. The van der Waals surface area contributed by atoms with Crippen molar-refractivity contribution in [2.75, 3.05) is 6.54 Å². The average Bonchev–Trinajstić information content (AvgIpc) is 2.57. The van der Waals surface area contributed by atoms with E-state index in [0.717, 1.165) is 0 Å². The fraction of sp³-hybridized carbons (Fsp3) is 0.333. The van der Waals surface area contributed by atoms with Crippen molar-refractivity contribution in [2.45, 2.75) is 25.7 Å².